The van der Waals surface area contributed by atoms with Crippen molar-refractivity contribution in [2.45, 2.75) is 52.4 Å². The zero-order valence-electron chi connectivity index (χ0n) is 17.3. The molecular formula is C21H33NO6. The van der Waals surface area contributed by atoms with Crippen LogP contribution in [0.4, 0.5) is 0 Å². The lowest BCUT2D eigenvalue weighted by Crippen LogP contribution is -2.30. The number of rotatable bonds is 14. The summed E-state index contributed by atoms with van der Waals surface area (Å²) in [5.41, 5.74) is -1.54. The van der Waals surface area contributed by atoms with Crippen molar-refractivity contribution in [1.82, 2.24) is 4.90 Å². The van der Waals surface area contributed by atoms with Crippen molar-refractivity contribution in [3.05, 3.63) is 35.5 Å². The van der Waals surface area contributed by atoms with Crippen molar-refractivity contribution in [2.24, 2.45) is 5.41 Å². The van der Waals surface area contributed by atoms with E-state index in [9.17, 15) is 29.7 Å². The standard InChI is InChI=1S/C21H33NO6/c1-6-8-9-10-17(20(27)28)14-21(11-12-22(4)5,15(3)18(23)24)13-16(7-2)19(25)26/h13-14H,3,6-12H2,1-2,4-5H3,(H,23,24)(H,25,26)(H,27,28). The summed E-state index contributed by atoms with van der Waals surface area (Å²) in [5, 5.41) is 28.7. The Kier molecular flexibility index (Phi) is 11.1. The Balaban J connectivity index is 6.59. The van der Waals surface area contributed by atoms with Gasteiger partial charge in [-0.15, -0.1) is 0 Å². The molecule has 7 heteroatoms. The highest BCUT2D eigenvalue weighted by Gasteiger charge is 2.35. The number of carboxylic acids is 3. The number of unbranched alkanes of at least 4 members (excludes halogenated alkanes) is 2. The molecule has 7 nitrogen and oxygen atoms in total. The van der Waals surface area contributed by atoms with Crippen LogP contribution in [0, 0.1) is 5.41 Å². The summed E-state index contributed by atoms with van der Waals surface area (Å²) in [6.45, 7) is 7.75. The van der Waals surface area contributed by atoms with E-state index in [-0.39, 0.29) is 36.0 Å². The SMILES string of the molecule is C=C(C(=O)O)C(C=C(CC)C(=O)O)(C=C(CCCCC)C(=O)O)CCN(C)C. The number of allylic oxidation sites excluding steroid dienone is 2. The molecule has 0 rings (SSSR count). The van der Waals surface area contributed by atoms with Crippen LogP contribution in [0.25, 0.3) is 0 Å². The Morgan fingerprint density at radius 2 is 1.46 bits per heavy atom. The summed E-state index contributed by atoms with van der Waals surface area (Å²) in [7, 11) is 3.61. The molecule has 0 amide bonds. The molecule has 0 fully saturated rings. The summed E-state index contributed by atoms with van der Waals surface area (Å²) in [5.74, 6) is -3.58. The highest BCUT2D eigenvalue weighted by Crippen LogP contribution is 2.38. The van der Waals surface area contributed by atoms with Crippen LogP contribution < -0.4 is 0 Å². The quantitative estimate of drug-likeness (QED) is 0.304. The fraction of sp³-hybridized carbons (Fsp3) is 0.571. The summed E-state index contributed by atoms with van der Waals surface area (Å²) >= 11 is 0. The monoisotopic (exact) mass is 395 g/mol. The van der Waals surface area contributed by atoms with Gasteiger partial charge in [-0.3, -0.25) is 0 Å². The molecule has 0 aliphatic carbocycles. The third-order valence-electron chi connectivity index (χ3n) is 4.64. The first-order valence-corrected chi connectivity index (χ1v) is 9.48. The number of hydrogen-bond donors (Lipinski definition) is 3. The highest BCUT2D eigenvalue weighted by atomic mass is 16.4. The van der Waals surface area contributed by atoms with E-state index in [2.05, 4.69) is 6.58 Å². The van der Waals surface area contributed by atoms with Crippen LogP contribution >= 0.6 is 0 Å². The molecule has 158 valence electrons. The van der Waals surface area contributed by atoms with Crippen molar-refractivity contribution in [2.75, 3.05) is 20.6 Å². The maximum atomic E-state index is 11.8. The van der Waals surface area contributed by atoms with E-state index >= 15 is 0 Å². The first kappa shape index (κ1) is 25.6. The Hall–Kier alpha value is -2.41. The molecule has 28 heavy (non-hydrogen) atoms. The molecule has 0 radical (unpaired) electrons. The van der Waals surface area contributed by atoms with Crippen LogP contribution in [0.5, 0.6) is 0 Å². The molecule has 1 atom stereocenters. The van der Waals surface area contributed by atoms with Gasteiger partial charge in [-0.1, -0.05) is 45.4 Å². The van der Waals surface area contributed by atoms with Gasteiger partial charge in [0.2, 0.25) is 0 Å². The average Bonchev–Trinajstić information content (AvgIpc) is 2.61. The normalized spacial score (nSPS) is 14.6. The van der Waals surface area contributed by atoms with Gasteiger partial charge in [0, 0.05) is 22.1 Å². The molecule has 0 saturated heterocycles. The van der Waals surface area contributed by atoms with E-state index in [0.29, 0.717) is 13.0 Å². The van der Waals surface area contributed by atoms with Gasteiger partial charge in [0.25, 0.3) is 0 Å². The van der Waals surface area contributed by atoms with Gasteiger partial charge in [-0.25, -0.2) is 14.4 Å². The Labute approximate surface area is 167 Å². The summed E-state index contributed by atoms with van der Waals surface area (Å²) in [4.78, 5) is 37.0. The minimum absolute atomic E-state index is 0.0238. The van der Waals surface area contributed by atoms with Gasteiger partial charge in [-0.05, 0) is 46.3 Å². The number of carboxylic acid groups (broad SMARTS) is 3. The lowest BCUT2D eigenvalue weighted by molar-refractivity contribution is -0.134. The lowest BCUT2D eigenvalue weighted by atomic mass is 9.74. The van der Waals surface area contributed by atoms with Crippen molar-refractivity contribution >= 4 is 17.9 Å². The van der Waals surface area contributed by atoms with E-state index in [1.807, 2.05) is 11.8 Å². The number of aliphatic carboxylic acids is 3. The maximum absolute atomic E-state index is 11.8. The molecule has 3 N–H and O–H groups in total. The molecule has 0 aromatic rings. The minimum Gasteiger partial charge on any atom is -0.478 e. The maximum Gasteiger partial charge on any atom is 0.332 e. The fourth-order valence-electron chi connectivity index (χ4n) is 2.86. The van der Waals surface area contributed by atoms with Gasteiger partial charge >= 0.3 is 17.9 Å². The van der Waals surface area contributed by atoms with E-state index in [1.165, 1.54) is 12.2 Å². The third kappa shape index (κ3) is 8.08. The van der Waals surface area contributed by atoms with Crippen molar-refractivity contribution in [3.8, 4) is 0 Å². The average molecular weight is 395 g/mol. The lowest BCUT2D eigenvalue weighted by Gasteiger charge is -2.31. The molecule has 0 heterocycles. The van der Waals surface area contributed by atoms with Gasteiger partial charge in [0.1, 0.15) is 0 Å². The van der Waals surface area contributed by atoms with E-state index in [1.54, 1.807) is 21.0 Å². The Bertz CT molecular complexity index is 647. The predicted molar refractivity (Wildman–Crippen MR) is 108 cm³/mol. The van der Waals surface area contributed by atoms with Gasteiger partial charge < -0.3 is 20.2 Å². The van der Waals surface area contributed by atoms with Crippen molar-refractivity contribution in [1.29, 1.82) is 0 Å². The molecule has 0 aromatic heterocycles. The fourth-order valence-corrected chi connectivity index (χ4v) is 2.86. The van der Waals surface area contributed by atoms with E-state index in [4.69, 9.17) is 0 Å². The van der Waals surface area contributed by atoms with Crippen molar-refractivity contribution < 1.29 is 29.7 Å². The number of nitrogens with zero attached hydrogens (tertiary/aromatic N) is 1. The second-order valence-electron chi connectivity index (χ2n) is 7.14. The molecule has 0 aromatic carbocycles. The Morgan fingerprint density at radius 3 is 1.86 bits per heavy atom. The van der Waals surface area contributed by atoms with Crippen LogP contribution in [-0.2, 0) is 14.4 Å². The van der Waals surface area contributed by atoms with Crippen LogP contribution in [0.3, 0.4) is 0 Å². The zero-order chi connectivity index (χ0) is 21.9. The molecule has 1 unspecified atom stereocenters. The first-order chi connectivity index (χ1) is 13.0. The van der Waals surface area contributed by atoms with Gasteiger partial charge in [0.05, 0.1) is 0 Å². The smallest absolute Gasteiger partial charge is 0.332 e. The predicted octanol–water partition coefficient (Wildman–Crippen LogP) is 3.58. The van der Waals surface area contributed by atoms with Crippen LogP contribution in [0.1, 0.15) is 52.4 Å². The highest BCUT2D eigenvalue weighted by molar-refractivity contribution is 5.92. The minimum atomic E-state index is -1.40. The zero-order valence-corrected chi connectivity index (χ0v) is 17.3. The molecule has 0 saturated carbocycles. The largest absolute Gasteiger partial charge is 0.478 e. The molecule has 0 spiro atoms. The first-order valence-electron chi connectivity index (χ1n) is 9.48. The number of hydrogen-bond acceptors (Lipinski definition) is 4. The van der Waals surface area contributed by atoms with Crippen molar-refractivity contribution in [3.63, 3.8) is 0 Å². The molecule has 0 aliphatic heterocycles. The molecular weight excluding hydrogens is 362 g/mol. The van der Waals surface area contributed by atoms with Crippen LogP contribution in [0.2, 0.25) is 0 Å². The van der Waals surface area contributed by atoms with Gasteiger partial charge in [-0.2, -0.15) is 0 Å². The summed E-state index contributed by atoms with van der Waals surface area (Å²) in [6.07, 6.45) is 5.83. The second kappa shape index (κ2) is 12.1. The topological polar surface area (TPSA) is 115 Å². The van der Waals surface area contributed by atoms with Crippen LogP contribution in [0.15, 0.2) is 35.5 Å². The van der Waals surface area contributed by atoms with E-state index in [0.717, 1.165) is 12.8 Å². The third-order valence-corrected chi connectivity index (χ3v) is 4.64. The van der Waals surface area contributed by atoms with Gasteiger partial charge in [0.15, 0.2) is 0 Å². The molecule has 0 bridgehead atoms. The summed E-state index contributed by atoms with van der Waals surface area (Å²) < 4.78 is 0. The van der Waals surface area contributed by atoms with Crippen LogP contribution in [-0.4, -0.2) is 58.8 Å². The van der Waals surface area contributed by atoms with E-state index < -0.39 is 23.3 Å². The number of carbonyl (C=O) groups is 3. The second-order valence-corrected chi connectivity index (χ2v) is 7.14. The molecule has 0 aliphatic rings. The Morgan fingerprint density at radius 1 is 0.929 bits per heavy atom. The summed E-state index contributed by atoms with van der Waals surface area (Å²) in [6, 6.07) is 0.